The summed E-state index contributed by atoms with van der Waals surface area (Å²) >= 11 is 1.93. The van der Waals surface area contributed by atoms with E-state index in [4.69, 9.17) is 9.90 Å². The number of halogens is 3. The molecule has 47 heavy (non-hydrogen) atoms. The number of rotatable bonds is 10. The molecule has 2 aliphatic rings. The Kier molecular flexibility index (Phi) is 11.1. The molecule has 0 amide bonds. The Morgan fingerprint density at radius 3 is 2.38 bits per heavy atom. The molecule has 0 fully saturated rings. The number of anilines is 2. The van der Waals surface area contributed by atoms with Gasteiger partial charge in [-0.05, 0) is 81.2 Å². The van der Waals surface area contributed by atoms with Gasteiger partial charge in [0.15, 0.2) is 0 Å². The highest BCUT2D eigenvalue weighted by molar-refractivity contribution is 8.03. The van der Waals surface area contributed by atoms with Gasteiger partial charge in [-0.1, -0.05) is 73.6 Å². The van der Waals surface area contributed by atoms with Crippen molar-refractivity contribution in [3.63, 3.8) is 0 Å². The van der Waals surface area contributed by atoms with E-state index in [0.29, 0.717) is 0 Å². The molecule has 0 saturated heterocycles. The van der Waals surface area contributed by atoms with E-state index in [9.17, 15) is 13.2 Å². The predicted molar refractivity (Wildman–Crippen MR) is 185 cm³/mol. The van der Waals surface area contributed by atoms with Crippen LogP contribution in [0.1, 0.15) is 43.7 Å². The summed E-state index contributed by atoms with van der Waals surface area (Å²) in [4.78, 5) is 17.8. The summed E-state index contributed by atoms with van der Waals surface area (Å²) in [5.41, 5.74) is 6.71. The molecule has 0 atom stereocenters. The Hall–Kier alpha value is -4.02. The maximum atomic E-state index is 10.6. The number of para-hydroxylation sites is 3. The van der Waals surface area contributed by atoms with Crippen LogP contribution >= 0.6 is 11.8 Å². The van der Waals surface area contributed by atoms with Crippen LogP contribution in [0.15, 0.2) is 88.8 Å². The van der Waals surface area contributed by atoms with E-state index >= 15 is 0 Å². The molecule has 0 unspecified atom stereocenters. The molecule has 0 spiro atoms. The quantitative estimate of drug-likeness (QED) is 0.173. The average Bonchev–Trinajstić information content (AvgIpc) is 3.41. The van der Waals surface area contributed by atoms with Crippen LogP contribution in [-0.2, 0) is 11.2 Å². The largest absolute Gasteiger partial charge is 0.490 e. The fourth-order valence-corrected chi connectivity index (χ4v) is 7.30. The monoisotopic (exact) mass is 663 g/mol. The van der Waals surface area contributed by atoms with E-state index in [-0.39, 0.29) is 0 Å². The van der Waals surface area contributed by atoms with Crippen LogP contribution in [0.4, 0.5) is 24.7 Å². The highest BCUT2D eigenvalue weighted by atomic mass is 32.2. The molecular formula is C37H42F3N4O2S+. The first-order valence-electron chi connectivity index (χ1n) is 16.1. The summed E-state index contributed by atoms with van der Waals surface area (Å²) in [7, 11) is 4.34. The van der Waals surface area contributed by atoms with E-state index in [1.54, 1.807) is 0 Å². The van der Waals surface area contributed by atoms with Crippen molar-refractivity contribution < 1.29 is 27.6 Å². The SMILES string of the molecule is CCCCN(CCCN(C)C)c1cc(/C=C2/Sc3cccc4c3N2CCC4)c2ccccc2[n+]1-c1ccccc1.O=C(O)C(F)(F)F. The Morgan fingerprint density at radius 2 is 1.68 bits per heavy atom. The molecule has 0 bridgehead atoms. The summed E-state index contributed by atoms with van der Waals surface area (Å²) < 4.78 is 34.2. The number of pyridine rings is 1. The van der Waals surface area contributed by atoms with Gasteiger partial charge in [0.1, 0.15) is 11.2 Å². The molecule has 4 aromatic rings. The number of carboxylic acid groups (broad SMARTS) is 1. The lowest BCUT2D eigenvalue weighted by Crippen LogP contribution is -2.42. The molecule has 6 rings (SSSR count). The van der Waals surface area contributed by atoms with Crippen molar-refractivity contribution in [1.82, 2.24) is 4.90 Å². The number of nitrogens with zero attached hydrogens (tertiary/aromatic N) is 4. The van der Waals surface area contributed by atoms with Crippen LogP contribution < -0.4 is 14.4 Å². The van der Waals surface area contributed by atoms with Crippen molar-refractivity contribution in [3.05, 3.63) is 95.0 Å². The van der Waals surface area contributed by atoms with Gasteiger partial charge in [0, 0.05) is 29.4 Å². The first-order valence-corrected chi connectivity index (χ1v) is 16.9. The molecule has 3 heterocycles. The van der Waals surface area contributed by atoms with Gasteiger partial charge in [0.05, 0.1) is 23.8 Å². The zero-order chi connectivity index (χ0) is 33.6. The van der Waals surface area contributed by atoms with E-state index in [0.717, 1.165) is 32.6 Å². The van der Waals surface area contributed by atoms with E-state index in [1.165, 1.54) is 74.8 Å². The van der Waals surface area contributed by atoms with Crippen LogP contribution in [0.3, 0.4) is 0 Å². The molecule has 10 heteroatoms. The van der Waals surface area contributed by atoms with Crippen LogP contribution in [0.5, 0.6) is 0 Å². The van der Waals surface area contributed by atoms with Gasteiger partial charge >= 0.3 is 12.1 Å². The van der Waals surface area contributed by atoms with Crippen LogP contribution in [-0.4, -0.2) is 62.4 Å². The number of thioether (sulfide) groups is 1. The van der Waals surface area contributed by atoms with E-state index < -0.39 is 12.1 Å². The molecule has 1 aromatic heterocycles. The number of aryl methyl sites for hydroxylation is 1. The van der Waals surface area contributed by atoms with Gasteiger partial charge < -0.3 is 14.9 Å². The van der Waals surface area contributed by atoms with E-state index in [2.05, 4.69) is 125 Å². The van der Waals surface area contributed by atoms with Crippen LogP contribution in [0.25, 0.3) is 22.7 Å². The second-order valence-corrected chi connectivity index (χ2v) is 13.1. The lowest BCUT2D eigenvalue weighted by molar-refractivity contribution is -0.553. The molecular weight excluding hydrogens is 621 g/mol. The second kappa shape index (κ2) is 15.3. The van der Waals surface area contributed by atoms with Crippen molar-refractivity contribution in [2.45, 2.75) is 50.1 Å². The first-order chi connectivity index (χ1) is 22.6. The predicted octanol–water partition coefficient (Wildman–Crippen LogP) is 8.16. The molecule has 1 N–H and O–H groups in total. The molecule has 0 radical (unpaired) electrons. The van der Waals surface area contributed by atoms with Crippen LogP contribution in [0, 0.1) is 0 Å². The standard InChI is InChI=1S/C35H41N4S.C2HF3O2/c1-4-5-22-37(23-13-21-36(2)3)33-25-28(26-34-38-24-12-15-27-14-11-20-32(40-34)35(27)38)30-18-9-10-19-31(30)39(33)29-16-7-6-8-17-29;3-2(4,5)1(6)7/h6-11,14,16-20,25-26H,4-5,12-13,15,21-24H2,1-3H3;(H,6,7)/q+1;. The number of aromatic nitrogens is 1. The van der Waals surface area contributed by atoms with Gasteiger partial charge in [-0.25, -0.2) is 4.79 Å². The maximum absolute atomic E-state index is 10.6. The molecule has 248 valence electrons. The third-order valence-electron chi connectivity index (χ3n) is 8.31. The summed E-state index contributed by atoms with van der Waals surface area (Å²) in [6.07, 6.45) is 3.27. The van der Waals surface area contributed by atoms with Crippen molar-refractivity contribution in [2.75, 3.05) is 50.1 Å². The number of hydrogen-bond acceptors (Lipinski definition) is 5. The fraction of sp³-hybridized carbons (Fsp3) is 0.351. The smallest absolute Gasteiger partial charge is 0.475 e. The van der Waals surface area contributed by atoms with Gasteiger partial charge in [-0.15, -0.1) is 0 Å². The Balaban J connectivity index is 0.000000559. The number of alkyl halides is 3. The maximum Gasteiger partial charge on any atom is 0.490 e. The van der Waals surface area contributed by atoms with Crippen molar-refractivity contribution in [2.24, 2.45) is 0 Å². The fourth-order valence-electron chi connectivity index (χ4n) is 6.11. The molecule has 6 nitrogen and oxygen atoms in total. The lowest BCUT2D eigenvalue weighted by atomic mass is 10.0. The lowest BCUT2D eigenvalue weighted by Gasteiger charge is -2.27. The minimum absolute atomic E-state index is 1.04. The summed E-state index contributed by atoms with van der Waals surface area (Å²) in [5.74, 6) is -1.48. The second-order valence-electron chi connectivity index (χ2n) is 12.1. The number of fused-ring (bicyclic) bond motifs is 1. The van der Waals surface area contributed by atoms with Gasteiger partial charge in [-0.2, -0.15) is 17.7 Å². The molecule has 0 saturated carbocycles. The zero-order valence-corrected chi connectivity index (χ0v) is 27.9. The van der Waals surface area contributed by atoms with Gasteiger partial charge in [0.25, 0.3) is 5.82 Å². The Morgan fingerprint density at radius 1 is 0.979 bits per heavy atom. The summed E-state index contributed by atoms with van der Waals surface area (Å²) in [6, 6.07) is 29.1. The van der Waals surface area contributed by atoms with Crippen LogP contribution in [0.2, 0.25) is 0 Å². The topological polar surface area (TPSA) is 50.9 Å². The molecule has 3 aromatic carbocycles. The number of unbranched alkanes of at least 4 members (excludes halogenated alkanes) is 1. The number of carboxylic acids is 1. The molecule has 2 aliphatic heterocycles. The highest BCUT2D eigenvalue weighted by Gasteiger charge is 2.38. The van der Waals surface area contributed by atoms with Crippen molar-refractivity contribution in [3.8, 4) is 5.69 Å². The third kappa shape index (κ3) is 8.11. The minimum atomic E-state index is -5.08. The van der Waals surface area contributed by atoms with Crippen molar-refractivity contribution in [1.29, 1.82) is 0 Å². The average molecular weight is 664 g/mol. The summed E-state index contributed by atoms with van der Waals surface area (Å²) in [6.45, 7) is 6.57. The Labute approximate surface area is 279 Å². The Bertz CT molecular complexity index is 1730. The highest BCUT2D eigenvalue weighted by Crippen LogP contribution is 2.50. The number of carbonyl (C=O) groups is 1. The van der Waals surface area contributed by atoms with E-state index in [1.807, 2.05) is 11.8 Å². The van der Waals surface area contributed by atoms with Gasteiger partial charge in [0.2, 0.25) is 0 Å². The summed E-state index contributed by atoms with van der Waals surface area (Å²) in [5, 5.41) is 9.77. The molecule has 0 aliphatic carbocycles. The van der Waals surface area contributed by atoms with Crippen molar-refractivity contribution >= 4 is 46.2 Å². The number of hydrogen-bond donors (Lipinski definition) is 1. The van der Waals surface area contributed by atoms with Gasteiger partial charge in [-0.3, -0.25) is 4.90 Å². The number of aliphatic carboxylic acids is 1. The number of benzene rings is 3. The first kappa shape index (κ1) is 34.3. The zero-order valence-electron chi connectivity index (χ0n) is 27.1. The third-order valence-corrected chi connectivity index (χ3v) is 9.40. The normalized spacial score (nSPS) is 14.7. The minimum Gasteiger partial charge on any atom is -0.475 e.